The molecule has 1 aliphatic rings. The fourth-order valence-electron chi connectivity index (χ4n) is 2.75. The van der Waals surface area contributed by atoms with Crippen molar-refractivity contribution in [2.75, 3.05) is 11.9 Å². The molecule has 1 unspecified atom stereocenters. The van der Waals surface area contributed by atoms with Gasteiger partial charge in [0.05, 0.1) is 0 Å². The molecule has 22 heavy (non-hydrogen) atoms. The quantitative estimate of drug-likeness (QED) is 0.943. The average Bonchev–Trinajstić information content (AvgIpc) is 2.91. The van der Waals surface area contributed by atoms with E-state index in [1.54, 1.807) is 0 Å². The van der Waals surface area contributed by atoms with Crippen LogP contribution in [0, 0.1) is 6.92 Å². The molecule has 0 bridgehead atoms. The number of nitrogens with zero attached hydrogens (tertiary/aromatic N) is 2. The van der Waals surface area contributed by atoms with E-state index < -0.39 is 0 Å². The zero-order valence-corrected chi connectivity index (χ0v) is 13.0. The normalized spacial score (nSPS) is 18.2. The molecule has 3 rings (SSSR count). The van der Waals surface area contributed by atoms with Crippen LogP contribution >= 0.6 is 0 Å². The third-order valence-corrected chi connectivity index (χ3v) is 3.81. The predicted octanol–water partition coefficient (Wildman–Crippen LogP) is 3.52. The summed E-state index contributed by atoms with van der Waals surface area (Å²) >= 11 is 0. The molecule has 1 aromatic heterocycles. The molecule has 1 saturated heterocycles. The van der Waals surface area contributed by atoms with E-state index in [2.05, 4.69) is 29.5 Å². The first-order valence-corrected chi connectivity index (χ1v) is 7.69. The summed E-state index contributed by atoms with van der Waals surface area (Å²) in [7, 11) is 0. The number of benzene rings is 1. The van der Waals surface area contributed by atoms with Gasteiger partial charge in [0.15, 0.2) is 5.82 Å². The number of hydrogen-bond donors (Lipinski definition) is 1. The molecular formula is C17H21N3O2. The highest BCUT2D eigenvalue weighted by Gasteiger charge is 2.20. The van der Waals surface area contributed by atoms with Crippen LogP contribution in [0.1, 0.15) is 38.0 Å². The summed E-state index contributed by atoms with van der Waals surface area (Å²) < 4.78 is 7.62. The molecule has 1 aliphatic heterocycles. The first-order chi connectivity index (χ1) is 10.6. The standard InChI is InChI=1S/C17H21N3O2/c1-12-6-5-7-14(10-12)15-11-20(16-8-3-4-9-22-16)19-17(15)18-13(2)21/h5-7,10-11,16H,3-4,8-9H2,1-2H3,(H,18,19,21). The van der Waals surface area contributed by atoms with Gasteiger partial charge < -0.3 is 10.1 Å². The highest BCUT2D eigenvalue weighted by Crippen LogP contribution is 2.31. The van der Waals surface area contributed by atoms with Gasteiger partial charge in [-0.25, -0.2) is 4.68 Å². The zero-order chi connectivity index (χ0) is 15.5. The van der Waals surface area contributed by atoms with Crippen molar-refractivity contribution in [2.24, 2.45) is 0 Å². The van der Waals surface area contributed by atoms with E-state index in [-0.39, 0.29) is 12.1 Å². The summed E-state index contributed by atoms with van der Waals surface area (Å²) in [6.07, 6.45) is 5.12. The van der Waals surface area contributed by atoms with Crippen LogP contribution in [0.15, 0.2) is 30.5 Å². The molecule has 5 nitrogen and oxygen atoms in total. The summed E-state index contributed by atoms with van der Waals surface area (Å²) in [5, 5.41) is 7.36. The molecule has 0 radical (unpaired) electrons. The largest absolute Gasteiger partial charge is 0.357 e. The van der Waals surface area contributed by atoms with Gasteiger partial charge in [0.1, 0.15) is 6.23 Å². The molecule has 1 fully saturated rings. The van der Waals surface area contributed by atoms with Crippen LogP contribution in [0.3, 0.4) is 0 Å². The summed E-state index contributed by atoms with van der Waals surface area (Å²) in [5.41, 5.74) is 3.15. The van der Waals surface area contributed by atoms with Crippen LogP contribution in [0.2, 0.25) is 0 Å². The third-order valence-electron chi connectivity index (χ3n) is 3.81. The van der Waals surface area contributed by atoms with Crippen molar-refractivity contribution >= 4 is 11.7 Å². The summed E-state index contributed by atoms with van der Waals surface area (Å²) in [6, 6.07) is 8.18. The Labute approximate surface area is 130 Å². The van der Waals surface area contributed by atoms with Gasteiger partial charge in [-0.3, -0.25) is 4.79 Å². The molecule has 0 aliphatic carbocycles. The lowest BCUT2D eigenvalue weighted by molar-refractivity contribution is -0.114. The van der Waals surface area contributed by atoms with Gasteiger partial charge in [-0.05, 0) is 31.7 Å². The first-order valence-electron chi connectivity index (χ1n) is 7.69. The highest BCUT2D eigenvalue weighted by atomic mass is 16.5. The average molecular weight is 299 g/mol. The number of hydrogen-bond acceptors (Lipinski definition) is 3. The molecular weight excluding hydrogens is 278 g/mol. The molecule has 0 saturated carbocycles. The maximum absolute atomic E-state index is 11.5. The second-order valence-electron chi connectivity index (χ2n) is 5.74. The van der Waals surface area contributed by atoms with Gasteiger partial charge in [0.25, 0.3) is 0 Å². The van der Waals surface area contributed by atoms with E-state index in [0.29, 0.717) is 5.82 Å². The minimum atomic E-state index is -0.122. The Bertz CT molecular complexity index is 672. The molecule has 2 aromatic rings. The van der Waals surface area contributed by atoms with E-state index in [1.807, 2.05) is 23.0 Å². The summed E-state index contributed by atoms with van der Waals surface area (Å²) in [6.45, 7) is 4.31. The van der Waals surface area contributed by atoms with Gasteiger partial charge in [-0.2, -0.15) is 5.10 Å². The summed E-state index contributed by atoms with van der Waals surface area (Å²) in [5.74, 6) is 0.469. The lowest BCUT2D eigenvalue weighted by atomic mass is 10.1. The van der Waals surface area contributed by atoms with E-state index >= 15 is 0 Å². The topological polar surface area (TPSA) is 56.2 Å². The van der Waals surface area contributed by atoms with Gasteiger partial charge >= 0.3 is 0 Å². The smallest absolute Gasteiger partial charge is 0.222 e. The van der Waals surface area contributed by atoms with Crippen LogP contribution in [-0.2, 0) is 9.53 Å². The van der Waals surface area contributed by atoms with Crippen molar-refractivity contribution in [3.63, 3.8) is 0 Å². The number of aryl methyl sites for hydroxylation is 1. The Morgan fingerprint density at radius 3 is 2.95 bits per heavy atom. The molecule has 2 heterocycles. The molecule has 116 valence electrons. The lowest BCUT2D eigenvalue weighted by Crippen LogP contribution is -2.18. The van der Waals surface area contributed by atoms with E-state index in [0.717, 1.165) is 37.0 Å². The summed E-state index contributed by atoms with van der Waals surface area (Å²) in [4.78, 5) is 11.5. The van der Waals surface area contributed by atoms with Crippen LogP contribution in [0.25, 0.3) is 11.1 Å². The number of rotatable bonds is 3. The van der Waals surface area contributed by atoms with Crippen LogP contribution in [-0.4, -0.2) is 22.3 Å². The lowest BCUT2D eigenvalue weighted by Gasteiger charge is -2.22. The van der Waals surface area contributed by atoms with Crippen molar-refractivity contribution in [3.05, 3.63) is 36.0 Å². The Morgan fingerprint density at radius 2 is 2.27 bits per heavy atom. The molecule has 0 spiro atoms. The second-order valence-corrected chi connectivity index (χ2v) is 5.74. The van der Waals surface area contributed by atoms with E-state index in [9.17, 15) is 4.79 Å². The van der Waals surface area contributed by atoms with Crippen molar-refractivity contribution in [1.82, 2.24) is 9.78 Å². The Hall–Kier alpha value is -2.14. The maximum atomic E-state index is 11.5. The fraction of sp³-hybridized carbons (Fsp3) is 0.412. The van der Waals surface area contributed by atoms with Crippen LogP contribution in [0.5, 0.6) is 0 Å². The van der Waals surface area contributed by atoms with Crippen LogP contribution in [0.4, 0.5) is 5.82 Å². The monoisotopic (exact) mass is 299 g/mol. The van der Waals surface area contributed by atoms with Crippen molar-refractivity contribution in [2.45, 2.75) is 39.3 Å². The maximum Gasteiger partial charge on any atom is 0.222 e. The second kappa shape index (κ2) is 6.32. The number of carbonyl (C=O) groups is 1. The van der Waals surface area contributed by atoms with E-state index in [4.69, 9.17) is 4.74 Å². The number of amides is 1. The number of nitrogens with one attached hydrogen (secondary N) is 1. The molecule has 5 heteroatoms. The number of aromatic nitrogens is 2. The number of anilines is 1. The number of carbonyl (C=O) groups excluding carboxylic acids is 1. The van der Waals surface area contributed by atoms with Gasteiger partial charge in [-0.15, -0.1) is 0 Å². The highest BCUT2D eigenvalue weighted by molar-refractivity contribution is 5.92. The fourth-order valence-corrected chi connectivity index (χ4v) is 2.75. The molecule has 1 aromatic carbocycles. The van der Waals surface area contributed by atoms with Gasteiger partial charge in [-0.1, -0.05) is 29.8 Å². The van der Waals surface area contributed by atoms with Gasteiger partial charge in [0.2, 0.25) is 5.91 Å². The van der Waals surface area contributed by atoms with Crippen molar-refractivity contribution < 1.29 is 9.53 Å². The van der Waals surface area contributed by atoms with Crippen molar-refractivity contribution in [3.8, 4) is 11.1 Å². The Balaban J connectivity index is 1.99. The zero-order valence-electron chi connectivity index (χ0n) is 13.0. The minimum Gasteiger partial charge on any atom is -0.357 e. The molecule has 1 N–H and O–H groups in total. The Kier molecular flexibility index (Phi) is 4.24. The number of ether oxygens (including phenoxy) is 1. The predicted molar refractivity (Wildman–Crippen MR) is 85.5 cm³/mol. The van der Waals surface area contributed by atoms with E-state index in [1.165, 1.54) is 12.5 Å². The molecule has 1 atom stereocenters. The Morgan fingerprint density at radius 1 is 1.41 bits per heavy atom. The third kappa shape index (κ3) is 3.20. The van der Waals surface area contributed by atoms with Crippen molar-refractivity contribution in [1.29, 1.82) is 0 Å². The first kappa shape index (κ1) is 14.8. The SMILES string of the molecule is CC(=O)Nc1nn(C2CCCCO2)cc1-c1cccc(C)c1. The molecule has 1 amide bonds. The van der Waals surface area contributed by atoms with Crippen LogP contribution < -0.4 is 5.32 Å². The van der Waals surface area contributed by atoms with Gasteiger partial charge in [0, 0.05) is 25.3 Å². The minimum absolute atomic E-state index is 0.0418.